The average Bonchev–Trinajstić information content (AvgIpc) is 2.21. The second kappa shape index (κ2) is 5.72. The Labute approximate surface area is 105 Å². The van der Waals surface area contributed by atoms with Gasteiger partial charge in [-0.15, -0.1) is 0 Å². The van der Waals surface area contributed by atoms with Gasteiger partial charge in [-0.25, -0.2) is 0 Å². The topological polar surface area (TPSA) is 35.8 Å². The minimum Gasteiger partial charge on any atom is -0.383 e. The van der Waals surface area contributed by atoms with Crippen LogP contribution in [0, 0.1) is 43.9 Å². The van der Waals surface area contributed by atoms with Crippen LogP contribution in [-0.2, 0) is 0 Å². The minimum atomic E-state index is 0.0649. The van der Waals surface area contributed by atoms with Gasteiger partial charge in [0.25, 0.3) is 0 Å². The van der Waals surface area contributed by atoms with Crippen LogP contribution in [0.2, 0.25) is 0 Å². The number of benzene rings is 1. The van der Waals surface area contributed by atoms with E-state index in [1.165, 1.54) is 22.4 Å². The summed E-state index contributed by atoms with van der Waals surface area (Å²) < 4.78 is 0. The van der Waals surface area contributed by atoms with E-state index in [0.717, 1.165) is 6.54 Å². The Balaban J connectivity index is 2.80. The average molecular weight is 230 g/mol. The highest BCUT2D eigenvalue weighted by molar-refractivity contribution is 5.58. The van der Waals surface area contributed by atoms with Crippen LogP contribution >= 0.6 is 0 Å². The molecule has 1 N–H and O–H groups in total. The van der Waals surface area contributed by atoms with E-state index in [1.807, 2.05) is 0 Å². The molecule has 0 bridgehead atoms. The first-order chi connectivity index (χ1) is 7.95. The van der Waals surface area contributed by atoms with Crippen LogP contribution in [0.25, 0.3) is 0 Å². The van der Waals surface area contributed by atoms with Crippen molar-refractivity contribution in [3.63, 3.8) is 0 Å². The monoisotopic (exact) mass is 230 g/mol. The van der Waals surface area contributed by atoms with Crippen molar-refractivity contribution in [2.45, 2.75) is 34.6 Å². The van der Waals surface area contributed by atoms with Gasteiger partial charge < -0.3 is 5.32 Å². The van der Waals surface area contributed by atoms with Gasteiger partial charge in [-0.05, 0) is 37.8 Å². The maximum Gasteiger partial charge on any atom is 0.0677 e. The van der Waals surface area contributed by atoms with Gasteiger partial charge in [-0.1, -0.05) is 31.5 Å². The van der Waals surface area contributed by atoms with Crippen molar-refractivity contribution in [2.75, 3.05) is 11.9 Å². The first-order valence-electron chi connectivity index (χ1n) is 6.17. The van der Waals surface area contributed by atoms with Gasteiger partial charge in [0.15, 0.2) is 0 Å². The summed E-state index contributed by atoms with van der Waals surface area (Å²) in [6.45, 7) is 11.2. The maximum atomic E-state index is 9.07. The van der Waals surface area contributed by atoms with Crippen molar-refractivity contribution < 1.29 is 0 Å². The Hall–Kier alpha value is -1.49. The highest BCUT2D eigenvalue weighted by Crippen LogP contribution is 2.22. The van der Waals surface area contributed by atoms with Crippen LogP contribution in [0.1, 0.15) is 30.5 Å². The third-order valence-electron chi connectivity index (χ3n) is 3.15. The van der Waals surface area contributed by atoms with E-state index < -0.39 is 0 Å². The molecule has 1 unspecified atom stereocenters. The van der Waals surface area contributed by atoms with Crippen molar-refractivity contribution in [3.05, 3.63) is 28.8 Å². The van der Waals surface area contributed by atoms with Gasteiger partial charge in [-0.2, -0.15) is 5.26 Å². The fraction of sp³-hybridized carbons (Fsp3) is 0.533. The lowest BCUT2D eigenvalue weighted by molar-refractivity contribution is 0.496. The van der Waals surface area contributed by atoms with E-state index in [-0.39, 0.29) is 5.92 Å². The standard InChI is InChI=1S/C15H22N2/c1-10(2)14(8-16)9-17-15-12(4)6-11(3)7-13(15)5/h6-7,10,14,17H,9H2,1-5H3. The number of rotatable bonds is 4. The molecule has 92 valence electrons. The fourth-order valence-electron chi connectivity index (χ4n) is 2.10. The first-order valence-corrected chi connectivity index (χ1v) is 6.17. The molecule has 0 aliphatic carbocycles. The first kappa shape index (κ1) is 13.6. The molecular formula is C15H22N2. The molecule has 2 heteroatoms. The predicted molar refractivity (Wildman–Crippen MR) is 73.1 cm³/mol. The molecule has 0 saturated carbocycles. The van der Waals surface area contributed by atoms with Crippen molar-refractivity contribution in [3.8, 4) is 6.07 Å². The summed E-state index contributed by atoms with van der Waals surface area (Å²) in [5.41, 5.74) is 4.97. The number of nitriles is 1. The number of hydrogen-bond donors (Lipinski definition) is 1. The summed E-state index contributed by atoms with van der Waals surface area (Å²) in [5, 5.41) is 12.5. The molecule has 1 rings (SSSR count). The molecule has 0 heterocycles. The van der Waals surface area contributed by atoms with Crippen LogP contribution in [0.3, 0.4) is 0 Å². The third-order valence-corrected chi connectivity index (χ3v) is 3.15. The highest BCUT2D eigenvalue weighted by Gasteiger charge is 2.13. The number of hydrogen-bond acceptors (Lipinski definition) is 2. The summed E-state index contributed by atoms with van der Waals surface area (Å²) in [6, 6.07) is 6.70. The molecule has 0 radical (unpaired) electrons. The highest BCUT2D eigenvalue weighted by atomic mass is 14.9. The summed E-state index contributed by atoms with van der Waals surface area (Å²) in [5.74, 6) is 0.452. The summed E-state index contributed by atoms with van der Waals surface area (Å²) in [6.07, 6.45) is 0. The van der Waals surface area contributed by atoms with E-state index in [4.69, 9.17) is 5.26 Å². The summed E-state index contributed by atoms with van der Waals surface area (Å²) in [7, 11) is 0. The molecule has 0 aromatic heterocycles. The van der Waals surface area contributed by atoms with Gasteiger partial charge in [0, 0.05) is 12.2 Å². The second-order valence-electron chi connectivity index (χ2n) is 5.13. The third kappa shape index (κ3) is 3.49. The van der Waals surface area contributed by atoms with Gasteiger partial charge in [-0.3, -0.25) is 0 Å². The van der Waals surface area contributed by atoms with Crippen LogP contribution in [0.5, 0.6) is 0 Å². The molecule has 0 aliphatic heterocycles. The van der Waals surface area contributed by atoms with E-state index in [2.05, 4.69) is 58.1 Å². The van der Waals surface area contributed by atoms with E-state index in [0.29, 0.717) is 5.92 Å². The smallest absolute Gasteiger partial charge is 0.0677 e. The molecule has 0 aliphatic rings. The molecule has 1 atom stereocenters. The molecule has 2 nitrogen and oxygen atoms in total. The van der Waals surface area contributed by atoms with Gasteiger partial charge in [0.2, 0.25) is 0 Å². The normalized spacial score (nSPS) is 12.3. The van der Waals surface area contributed by atoms with Crippen molar-refractivity contribution >= 4 is 5.69 Å². The van der Waals surface area contributed by atoms with E-state index >= 15 is 0 Å². The Morgan fingerprint density at radius 2 is 1.71 bits per heavy atom. The van der Waals surface area contributed by atoms with Gasteiger partial charge in [0.05, 0.1) is 12.0 Å². The lowest BCUT2D eigenvalue weighted by Crippen LogP contribution is -2.18. The second-order valence-corrected chi connectivity index (χ2v) is 5.13. The lowest BCUT2D eigenvalue weighted by atomic mass is 9.97. The molecule has 0 fully saturated rings. The van der Waals surface area contributed by atoms with Crippen molar-refractivity contribution in [1.29, 1.82) is 5.26 Å². The SMILES string of the molecule is Cc1cc(C)c(NCC(C#N)C(C)C)c(C)c1. The summed E-state index contributed by atoms with van der Waals surface area (Å²) >= 11 is 0. The van der Waals surface area contributed by atoms with E-state index in [9.17, 15) is 0 Å². The number of aryl methyl sites for hydroxylation is 3. The van der Waals surface area contributed by atoms with Crippen molar-refractivity contribution in [1.82, 2.24) is 0 Å². The fourth-order valence-corrected chi connectivity index (χ4v) is 2.10. The number of anilines is 1. The summed E-state index contributed by atoms with van der Waals surface area (Å²) in [4.78, 5) is 0. The minimum absolute atomic E-state index is 0.0649. The Morgan fingerprint density at radius 1 is 1.18 bits per heavy atom. The van der Waals surface area contributed by atoms with Gasteiger partial charge in [0.1, 0.15) is 0 Å². The van der Waals surface area contributed by atoms with Crippen molar-refractivity contribution in [2.24, 2.45) is 11.8 Å². The quantitative estimate of drug-likeness (QED) is 0.853. The van der Waals surface area contributed by atoms with Gasteiger partial charge >= 0.3 is 0 Å². The Kier molecular flexibility index (Phi) is 4.57. The Morgan fingerprint density at radius 3 is 2.12 bits per heavy atom. The van der Waals surface area contributed by atoms with Crippen LogP contribution in [0.4, 0.5) is 5.69 Å². The molecule has 0 amide bonds. The molecule has 0 spiro atoms. The number of nitrogens with zero attached hydrogens (tertiary/aromatic N) is 1. The molecule has 1 aromatic carbocycles. The Bertz CT molecular complexity index is 404. The van der Waals surface area contributed by atoms with Crippen LogP contribution < -0.4 is 5.32 Å². The molecule has 17 heavy (non-hydrogen) atoms. The molecule has 1 aromatic rings. The zero-order valence-electron chi connectivity index (χ0n) is 11.5. The van der Waals surface area contributed by atoms with E-state index in [1.54, 1.807) is 0 Å². The largest absolute Gasteiger partial charge is 0.383 e. The maximum absolute atomic E-state index is 9.07. The lowest BCUT2D eigenvalue weighted by Gasteiger charge is -2.18. The predicted octanol–water partition coefficient (Wildman–Crippen LogP) is 3.82. The number of nitrogens with one attached hydrogen (secondary N) is 1. The van der Waals surface area contributed by atoms with Crippen LogP contribution in [0.15, 0.2) is 12.1 Å². The zero-order valence-corrected chi connectivity index (χ0v) is 11.5. The molecule has 0 saturated heterocycles. The zero-order chi connectivity index (χ0) is 13.0. The van der Waals surface area contributed by atoms with Crippen LogP contribution in [-0.4, -0.2) is 6.54 Å². The molecular weight excluding hydrogens is 208 g/mol.